The first-order valence-corrected chi connectivity index (χ1v) is 9.76. The van der Waals surface area contributed by atoms with Crippen LogP contribution in [0.25, 0.3) is 0 Å². The zero-order valence-corrected chi connectivity index (χ0v) is 16.5. The van der Waals surface area contributed by atoms with E-state index in [1.807, 2.05) is 24.3 Å². The lowest BCUT2D eigenvalue weighted by Crippen LogP contribution is -2.52. The van der Waals surface area contributed by atoms with Crippen LogP contribution in [0.3, 0.4) is 0 Å². The Morgan fingerprint density at radius 1 is 0.897 bits per heavy atom. The summed E-state index contributed by atoms with van der Waals surface area (Å²) in [6.45, 7) is 4.27. The molecule has 0 aliphatic carbocycles. The van der Waals surface area contributed by atoms with Gasteiger partial charge in [-0.2, -0.15) is 0 Å². The average Bonchev–Trinajstić information content (AvgIpc) is 2.78. The highest BCUT2D eigenvalue weighted by atomic mass is 16.2. The van der Waals surface area contributed by atoms with Gasteiger partial charge < -0.3 is 20.4 Å². The Hall–Kier alpha value is -3.35. The van der Waals surface area contributed by atoms with Gasteiger partial charge in [0.2, 0.25) is 11.8 Å². The maximum atomic E-state index is 12.4. The summed E-state index contributed by atoms with van der Waals surface area (Å²) in [6.07, 6.45) is 0. The van der Waals surface area contributed by atoms with Crippen molar-refractivity contribution >= 4 is 23.4 Å². The van der Waals surface area contributed by atoms with Crippen LogP contribution in [0.1, 0.15) is 17.3 Å². The van der Waals surface area contributed by atoms with Crippen molar-refractivity contribution in [3.05, 3.63) is 66.2 Å². The van der Waals surface area contributed by atoms with Crippen molar-refractivity contribution < 1.29 is 14.4 Å². The van der Waals surface area contributed by atoms with Gasteiger partial charge in [0.05, 0.1) is 6.54 Å². The predicted molar refractivity (Wildman–Crippen MR) is 112 cm³/mol. The maximum Gasteiger partial charge on any atom is 0.251 e. The maximum absolute atomic E-state index is 12.4. The van der Waals surface area contributed by atoms with E-state index in [0.29, 0.717) is 18.7 Å². The summed E-state index contributed by atoms with van der Waals surface area (Å²) < 4.78 is 0. The van der Waals surface area contributed by atoms with E-state index in [-0.39, 0.29) is 24.3 Å². The molecule has 2 aromatic rings. The van der Waals surface area contributed by atoms with E-state index < -0.39 is 6.04 Å². The molecule has 0 spiro atoms. The van der Waals surface area contributed by atoms with E-state index >= 15 is 0 Å². The summed E-state index contributed by atoms with van der Waals surface area (Å²) >= 11 is 0. The van der Waals surface area contributed by atoms with Gasteiger partial charge in [-0.15, -0.1) is 0 Å². The molecule has 7 heteroatoms. The van der Waals surface area contributed by atoms with Crippen molar-refractivity contribution in [2.75, 3.05) is 37.6 Å². The van der Waals surface area contributed by atoms with Crippen LogP contribution in [0.2, 0.25) is 0 Å². The van der Waals surface area contributed by atoms with E-state index in [4.69, 9.17) is 0 Å². The third-order valence-corrected chi connectivity index (χ3v) is 4.94. The van der Waals surface area contributed by atoms with Crippen molar-refractivity contribution in [2.24, 2.45) is 0 Å². The zero-order chi connectivity index (χ0) is 20.6. The third kappa shape index (κ3) is 5.57. The fraction of sp³-hybridized carbons (Fsp3) is 0.318. The zero-order valence-electron chi connectivity index (χ0n) is 16.5. The number of anilines is 1. The van der Waals surface area contributed by atoms with E-state index in [1.165, 1.54) is 0 Å². The molecule has 1 aliphatic rings. The molecule has 3 amide bonds. The van der Waals surface area contributed by atoms with E-state index in [2.05, 4.69) is 27.7 Å². The third-order valence-electron chi connectivity index (χ3n) is 4.94. The van der Waals surface area contributed by atoms with Gasteiger partial charge in [-0.3, -0.25) is 14.4 Å². The van der Waals surface area contributed by atoms with Gasteiger partial charge in [0.1, 0.15) is 6.04 Å². The molecule has 1 fully saturated rings. The number of carbonyl (C=O) groups is 3. The summed E-state index contributed by atoms with van der Waals surface area (Å²) in [6, 6.07) is 18.1. The first kappa shape index (κ1) is 20.4. The van der Waals surface area contributed by atoms with Crippen LogP contribution in [0, 0.1) is 0 Å². The van der Waals surface area contributed by atoms with Crippen molar-refractivity contribution in [3.8, 4) is 0 Å². The molecule has 1 atom stereocenters. The number of benzene rings is 2. The molecule has 1 saturated heterocycles. The lowest BCUT2D eigenvalue weighted by atomic mass is 10.2. The molecule has 1 heterocycles. The second-order valence-electron chi connectivity index (χ2n) is 6.98. The summed E-state index contributed by atoms with van der Waals surface area (Å²) in [4.78, 5) is 40.8. The molecule has 2 N–H and O–H groups in total. The molecule has 1 aliphatic heterocycles. The normalized spacial score (nSPS) is 14.8. The molecule has 2 aromatic carbocycles. The summed E-state index contributed by atoms with van der Waals surface area (Å²) in [7, 11) is 0. The van der Waals surface area contributed by atoms with E-state index in [1.54, 1.807) is 36.1 Å². The molecule has 0 saturated carbocycles. The first-order valence-electron chi connectivity index (χ1n) is 9.76. The van der Waals surface area contributed by atoms with Gasteiger partial charge in [-0.1, -0.05) is 36.4 Å². The minimum absolute atomic E-state index is 0.0737. The summed E-state index contributed by atoms with van der Waals surface area (Å²) in [5.74, 6) is -0.824. The van der Waals surface area contributed by atoms with Gasteiger partial charge >= 0.3 is 0 Å². The lowest BCUT2D eigenvalue weighted by Gasteiger charge is -2.36. The SMILES string of the molecule is CC(NC(=O)c1ccccc1)C(=O)NCC(=O)N1CCN(c2ccccc2)CC1. The Bertz CT molecular complexity index is 834. The monoisotopic (exact) mass is 394 g/mol. The fourth-order valence-corrected chi connectivity index (χ4v) is 3.22. The number of nitrogens with one attached hydrogen (secondary N) is 2. The van der Waals surface area contributed by atoms with Crippen LogP contribution >= 0.6 is 0 Å². The quantitative estimate of drug-likeness (QED) is 0.773. The van der Waals surface area contributed by atoms with Crippen molar-refractivity contribution in [1.29, 1.82) is 0 Å². The van der Waals surface area contributed by atoms with Crippen LogP contribution in [0.5, 0.6) is 0 Å². The summed E-state index contributed by atoms with van der Waals surface area (Å²) in [5.41, 5.74) is 1.63. The highest BCUT2D eigenvalue weighted by Crippen LogP contribution is 2.15. The first-order chi connectivity index (χ1) is 14.0. The molecule has 0 radical (unpaired) electrons. The van der Waals surface area contributed by atoms with Crippen molar-refractivity contribution in [2.45, 2.75) is 13.0 Å². The van der Waals surface area contributed by atoms with Crippen molar-refractivity contribution in [1.82, 2.24) is 15.5 Å². The van der Waals surface area contributed by atoms with Crippen LogP contribution in [0.4, 0.5) is 5.69 Å². The van der Waals surface area contributed by atoms with E-state index in [9.17, 15) is 14.4 Å². The minimum Gasteiger partial charge on any atom is -0.368 e. The summed E-state index contributed by atoms with van der Waals surface area (Å²) in [5, 5.41) is 5.26. The highest BCUT2D eigenvalue weighted by molar-refractivity contribution is 5.97. The number of nitrogens with zero attached hydrogens (tertiary/aromatic N) is 2. The largest absolute Gasteiger partial charge is 0.368 e. The molecule has 1 unspecified atom stereocenters. The molecular formula is C22H26N4O3. The Balaban J connectivity index is 1.41. The number of amides is 3. The van der Waals surface area contributed by atoms with Gasteiger partial charge in [-0.25, -0.2) is 0 Å². The Morgan fingerprint density at radius 2 is 1.48 bits per heavy atom. The van der Waals surface area contributed by atoms with Crippen LogP contribution < -0.4 is 15.5 Å². The molecule has 29 heavy (non-hydrogen) atoms. The topological polar surface area (TPSA) is 81.8 Å². The lowest BCUT2D eigenvalue weighted by molar-refractivity contribution is -0.133. The number of carbonyl (C=O) groups excluding carboxylic acids is 3. The van der Waals surface area contributed by atoms with Gasteiger partial charge in [-0.05, 0) is 31.2 Å². The number of hydrogen-bond donors (Lipinski definition) is 2. The van der Waals surface area contributed by atoms with Gasteiger partial charge in [0.25, 0.3) is 5.91 Å². The number of para-hydroxylation sites is 1. The molecule has 152 valence electrons. The molecule has 0 aromatic heterocycles. The van der Waals surface area contributed by atoms with Crippen LogP contribution in [-0.4, -0.2) is 61.4 Å². The molecule has 3 rings (SSSR count). The van der Waals surface area contributed by atoms with Gasteiger partial charge in [0.15, 0.2) is 0 Å². The van der Waals surface area contributed by atoms with Crippen molar-refractivity contribution in [3.63, 3.8) is 0 Å². The number of hydrogen-bond acceptors (Lipinski definition) is 4. The Kier molecular flexibility index (Phi) is 6.84. The molecule has 7 nitrogen and oxygen atoms in total. The second-order valence-corrected chi connectivity index (χ2v) is 6.98. The van der Waals surface area contributed by atoms with E-state index in [0.717, 1.165) is 18.8 Å². The Morgan fingerprint density at radius 3 is 2.10 bits per heavy atom. The number of rotatable bonds is 6. The molecule has 0 bridgehead atoms. The second kappa shape index (κ2) is 9.73. The Labute approximate surface area is 170 Å². The smallest absolute Gasteiger partial charge is 0.251 e. The standard InChI is InChI=1S/C22H26N4O3/c1-17(24-22(29)18-8-4-2-5-9-18)21(28)23-16-20(27)26-14-12-25(13-15-26)19-10-6-3-7-11-19/h2-11,17H,12-16H2,1H3,(H,23,28)(H,24,29). The fourth-order valence-electron chi connectivity index (χ4n) is 3.22. The number of piperazine rings is 1. The van der Waals surface area contributed by atoms with Gasteiger partial charge in [0, 0.05) is 37.4 Å². The minimum atomic E-state index is -0.731. The highest BCUT2D eigenvalue weighted by Gasteiger charge is 2.23. The van der Waals surface area contributed by atoms with Crippen LogP contribution in [-0.2, 0) is 9.59 Å². The average molecular weight is 394 g/mol. The predicted octanol–water partition coefficient (Wildman–Crippen LogP) is 1.27. The van der Waals surface area contributed by atoms with Crippen LogP contribution in [0.15, 0.2) is 60.7 Å². The molecular weight excluding hydrogens is 368 g/mol.